The van der Waals surface area contributed by atoms with Crippen molar-refractivity contribution in [3.8, 4) is 0 Å². The lowest BCUT2D eigenvalue weighted by Gasteiger charge is -2.06. The number of hydrogen-bond acceptors (Lipinski definition) is 2. The molecule has 0 aliphatic heterocycles. The van der Waals surface area contributed by atoms with Crippen LogP contribution in [0.2, 0.25) is 0 Å². The van der Waals surface area contributed by atoms with E-state index in [2.05, 4.69) is 10.6 Å². The molecule has 0 aliphatic rings. The zero-order chi connectivity index (χ0) is 8.81. The molecular weight excluding hydrogens is 152 g/mol. The van der Waals surface area contributed by atoms with Crippen LogP contribution in [0.15, 0.2) is 18.3 Å². The first-order chi connectivity index (χ1) is 5.88. The van der Waals surface area contributed by atoms with Crippen LogP contribution in [0, 0.1) is 0 Å². The van der Waals surface area contributed by atoms with Gasteiger partial charge in [-0.2, -0.15) is 0 Å². The lowest BCUT2D eigenvalue weighted by molar-refractivity contribution is 0.287. The summed E-state index contributed by atoms with van der Waals surface area (Å²) >= 11 is 0. The van der Waals surface area contributed by atoms with E-state index in [0.717, 1.165) is 19.4 Å². The zero-order valence-electron chi connectivity index (χ0n) is 7.24. The average Bonchev–Trinajstić information content (AvgIpc) is 2.50. The summed E-state index contributed by atoms with van der Waals surface area (Å²) in [5.41, 5.74) is 6.71. The van der Waals surface area contributed by atoms with Crippen molar-refractivity contribution < 1.29 is 5.11 Å². The van der Waals surface area contributed by atoms with Crippen molar-refractivity contribution >= 4 is 0 Å². The molecular formula is C9H16N2O. The third-order valence-corrected chi connectivity index (χ3v) is 1.88. The number of aryl methyl sites for hydroxylation is 1. The van der Waals surface area contributed by atoms with Gasteiger partial charge in [-0.3, -0.25) is 0 Å². The van der Waals surface area contributed by atoms with Crippen molar-refractivity contribution in [3.63, 3.8) is 0 Å². The van der Waals surface area contributed by atoms with Crippen LogP contribution in [0.4, 0.5) is 0 Å². The maximum atomic E-state index is 8.65. The Hall–Kier alpha value is -0.800. The fourth-order valence-corrected chi connectivity index (χ4v) is 1.29. The van der Waals surface area contributed by atoms with Gasteiger partial charge in [0.1, 0.15) is 0 Å². The molecule has 0 spiro atoms. The van der Waals surface area contributed by atoms with E-state index < -0.39 is 0 Å². The summed E-state index contributed by atoms with van der Waals surface area (Å²) in [4.78, 5) is 0. The fraction of sp³-hybridized carbons (Fsp3) is 0.556. The number of aromatic nitrogens is 1. The van der Waals surface area contributed by atoms with Crippen molar-refractivity contribution in [1.29, 1.82) is 0 Å². The van der Waals surface area contributed by atoms with Gasteiger partial charge in [0, 0.05) is 31.6 Å². The van der Waals surface area contributed by atoms with Crippen LogP contribution in [0.5, 0.6) is 0 Å². The van der Waals surface area contributed by atoms with Gasteiger partial charge >= 0.3 is 0 Å². The molecule has 68 valence electrons. The number of nitrogens with zero attached hydrogens (tertiary/aromatic N) is 1. The highest BCUT2D eigenvalue weighted by atomic mass is 16.2. The Bertz CT molecular complexity index is 220. The highest BCUT2D eigenvalue weighted by molar-refractivity contribution is 5.07. The zero-order valence-corrected chi connectivity index (χ0v) is 7.24. The van der Waals surface area contributed by atoms with E-state index in [9.17, 15) is 0 Å². The topological polar surface area (TPSA) is 51.2 Å². The standard InChI is InChI=1S/C9H16N2O/c10-5-7-11-6-1-3-9(11)4-2-8-12/h1,3,6,12H,2,4-5,7-8,10H2. The van der Waals surface area contributed by atoms with Crippen molar-refractivity contribution in [3.05, 3.63) is 24.0 Å². The van der Waals surface area contributed by atoms with Crippen LogP contribution >= 0.6 is 0 Å². The molecule has 0 atom stereocenters. The predicted octanol–water partition coefficient (Wildman–Crippen LogP) is 0.372. The van der Waals surface area contributed by atoms with Gasteiger partial charge in [-0.1, -0.05) is 0 Å². The second kappa shape index (κ2) is 4.95. The van der Waals surface area contributed by atoms with E-state index in [1.165, 1.54) is 5.69 Å². The molecule has 3 heteroatoms. The molecule has 0 fully saturated rings. The molecule has 1 rings (SSSR count). The van der Waals surface area contributed by atoms with E-state index in [4.69, 9.17) is 10.8 Å². The SMILES string of the molecule is NCCn1cccc1CCCO. The van der Waals surface area contributed by atoms with Crippen LogP contribution in [0.3, 0.4) is 0 Å². The normalized spacial score (nSPS) is 10.5. The molecule has 1 aromatic heterocycles. The summed E-state index contributed by atoms with van der Waals surface area (Å²) < 4.78 is 2.13. The molecule has 3 nitrogen and oxygen atoms in total. The van der Waals surface area contributed by atoms with Crippen LogP contribution in [0.25, 0.3) is 0 Å². The van der Waals surface area contributed by atoms with Gasteiger partial charge in [0.05, 0.1) is 0 Å². The Labute approximate surface area is 72.8 Å². The van der Waals surface area contributed by atoms with E-state index in [0.29, 0.717) is 6.54 Å². The average molecular weight is 168 g/mol. The molecule has 1 aromatic rings. The molecule has 12 heavy (non-hydrogen) atoms. The largest absolute Gasteiger partial charge is 0.396 e. The highest BCUT2D eigenvalue weighted by Crippen LogP contribution is 2.04. The molecule has 0 saturated carbocycles. The van der Waals surface area contributed by atoms with Crippen molar-refractivity contribution in [2.75, 3.05) is 13.2 Å². The minimum atomic E-state index is 0.258. The van der Waals surface area contributed by atoms with Crippen LogP contribution < -0.4 is 5.73 Å². The quantitative estimate of drug-likeness (QED) is 0.667. The molecule has 0 aliphatic carbocycles. The van der Waals surface area contributed by atoms with E-state index >= 15 is 0 Å². The van der Waals surface area contributed by atoms with E-state index in [1.807, 2.05) is 12.3 Å². The second-order valence-electron chi connectivity index (χ2n) is 2.81. The number of rotatable bonds is 5. The van der Waals surface area contributed by atoms with Gasteiger partial charge in [0.15, 0.2) is 0 Å². The van der Waals surface area contributed by atoms with Gasteiger partial charge in [0.2, 0.25) is 0 Å². The maximum Gasteiger partial charge on any atom is 0.0434 e. The predicted molar refractivity (Wildman–Crippen MR) is 48.9 cm³/mol. The maximum absolute atomic E-state index is 8.65. The molecule has 0 radical (unpaired) electrons. The first-order valence-electron chi connectivity index (χ1n) is 4.33. The number of aliphatic hydroxyl groups is 1. The molecule has 0 saturated heterocycles. The summed E-state index contributed by atoms with van der Waals surface area (Å²) in [6.07, 6.45) is 3.79. The molecule has 0 unspecified atom stereocenters. The third-order valence-electron chi connectivity index (χ3n) is 1.88. The number of aliphatic hydroxyl groups excluding tert-OH is 1. The van der Waals surface area contributed by atoms with Gasteiger partial charge in [0.25, 0.3) is 0 Å². The van der Waals surface area contributed by atoms with E-state index in [1.54, 1.807) is 0 Å². The minimum absolute atomic E-state index is 0.258. The lowest BCUT2D eigenvalue weighted by atomic mass is 10.2. The van der Waals surface area contributed by atoms with E-state index in [-0.39, 0.29) is 6.61 Å². The van der Waals surface area contributed by atoms with Crippen molar-refractivity contribution in [2.24, 2.45) is 5.73 Å². The van der Waals surface area contributed by atoms with Gasteiger partial charge < -0.3 is 15.4 Å². The van der Waals surface area contributed by atoms with Crippen LogP contribution in [-0.2, 0) is 13.0 Å². The summed E-state index contributed by atoms with van der Waals surface area (Å²) in [7, 11) is 0. The van der Waals surface area contributed by atoms with Crippen molar-refractivity contribution in [2.45, 2.75) is 19.4 Å². The summed E-state index contributed by atoms with van der Waals surface area (Å²) in [5.74, 6) is 0. The van der Waals surface area contributed by atoms with Gasteiger partial charge in [-0.15, -0.1) is 0 Å². The second-order valence-corrected chi connectivity index (χ2v) is 2.81. The summed E-state index contributed by atoms with van der Waals surface area (Å²) in [6.45, 7) is 1.79. The first kappa shape index (κ1) is 9.29. The monoisotopic (exact) mass is 168 g/mol. The Morgan fingerprint density at radius 2 is 2.33 bits per heavy atom. The Morgan fingerprint density at radius 3 is 3.00 bits per heavy atom. The summed E-state index contributed by atoms with van der Waals surface area (Å²) in [5, 5.41) is 8.65. The molecule has 0 bridgehead atoms. The first-order valence-corrected chi connectivity index (χ1v) is 4.33. The molecule has 3 N–H and O–H groups in total. The lowest BCUT2D eigenvalue weighted by Crippen LogP contribution is -2.11. The Morgan fingerprint density at radius 1 is 1.50 bits per heavy atom. The Balaban J connectivity index is 2.51. The molecule has 0 amide bonds. The number of hydrogen-bond donors (Lipinski definition) is 2. The van der Waals surface area contributed by atoms with Crippen LogP contribution in [0.1, 0.15) is 12.1 Å². The highest BCUT2D eigenvalue weighted by Gasteiger charge is 1.98. The minimum Gasteiger partial charge on any atom is -0.396 e. The van der Waals surface area contributed by atoms with Crippen LogP contribution in [-0.4, -0.2) is 22.8 Å². The number of nitrogens with two attached hydrogens (primary N) is 1. The smallest absolute Gasteiger partial charge is 0.0434 e. The molecule has 1 heterocycles. The van der Waals surface area contributed by atoms with Crippen molar-refractivity contribution in [1.82, 2.24) is 4.57 Å². The Kier molecular flexibility index (Phi) is 3.84. The van der Waals surface area contributed by atoms with Gasteiger partial charge in [-0.05, 0) is 25.0 Å². The third kappa shape index (κ3) is 2.36. The fourth-order valence-electron chi connectivity index (χ4n) is 1.29. The molecule has 0 aromatic carbocycles. The van der Waals surface area contributed by atoms with Gasteiger partial charge in [-0.25, -0.2) is 0 Å². The summed E-state index contributed by atoms with van der Waals surface area (Å²) in [6, 6.07) is 4.09.